The Bertz CT molecular complexity index is 930. The standard InChI is InChI=1S/C16H17N5OS2/c1-9-19-11-5-4-10(6-13(11)24-9)21-14(17-8-18-21)12-7-23-16(2,3)15(22)20-12/h4-6,8,12H,7H2,1-3H3,(H,20,22)/t12-/m1/s1. The van der Waals surface area contributed by atoms with Gasteiger partial charge in [-0.05, 0) is 39.0 Å². The van der Waals surface area contributed by atoms with Crippen LogP contribution in [-0.2, 0) is 4.79 Å². The maximum absolute atomic E-state index is 12.3. The number of thioether (sulfide) groups is 1. The van der Waals surface area contributed by atoms with Crippen LogP contribution < -0.4 is 5.32 Å². The Morgan fingerprint density at radius 3 is 3.00 bits per heavy atom. The van der Waals surface area contributed by atoms with E-state index in [4.69, 9.17) is 0 Å². The van der Waals surface area contributed by atoms with Gasteiger partial charge in [-0.3, -0.25) is 4.79 Å². The van der Waals surface area contributed by atoms with Crippen LogP contribution in [0.2, 0.25) is 0 Å². The summed E-state index contributed by atoms with van der Waals surface area (Å²) in [5.74, 6) is 1.57. The molecule has 0 unspecified atom stereocenters. The quantitative estimate of drug-likeness (QED) is 0.762. The summed E-state index contributed by atoms with van der Waals surface area (Å²) in [6.45, 7) is 5.88. The maximum atomic E-state index is 12.3. The predicted octanol–water partition coefficient (Wildman–Crippen LogP) is 2.87. The third kappa shape index (κ3) is 2.59. The summed E-state index contributed by atoms with van der Waals surface area (Å²) in [6.07, 6.45) is 1.54. The van der Waals surface area contributed by atoms with Gasteiger partial charge in [0.15, 0.2) is 5.82 Å². The Kier molecular flexibility index (Phi) is 3.61. The van der Waals surface area contributed by atoms with Crippen molar-refractivity contribution >= 4 is 39.2 Å². The number of aryl methyl sites for hydroxylation is 1. The molecule has 1 aliphatic rings. The zero-order chi connectivity index (χ0) is 16.9. The van der Waals surface area contributed by atoms with Crippen LogP contribution in [0.3, 0.4) is 0 Å². The van der Waals surface area contributed by atoms with Gasteiger partial charge in [0.2, 0.25) is 5.91 Å². The van der Waals surface area contributed by atoms with Crippen molar-refractivity contribution in [3.05, 3.63) is 35.4 Å². The lowest BCUT2D eigenvalue weighted by molar-refractivity contribution is -0.123. The number of amides is 1. The third-order valence-electron chi connectivity index (χ3n) is 4.07. The number of hydrogen-bond acceptors (Lipinski definition) is 6. The second-order valence-electron chi connectivity index (χ2n) is 6.26. The van der Waals surface area contributed by atoms with Crippen LogP contribution in [0, 0.1) is 6.92 Å². The van der Waals surface area contributed by atoms with Crippen molar-refractivity contribution in [3.63, 3.8) is 0 Å². The minimum atomic E-state index is -0.402. The lowest BCUT2D eigenvalue weighted by atomic mass is 10.1. The van der Waals surface area contributed by atoms with Crippen LogP contribution in [0.4, 0.5) is 0 Å². The summed E-state index contributed by atoms with van der Waals surface area (Å²) in [7, 11) is 0. The first-order valence-corrected chi connectivity index (χ1v) is 9.47. The molecule has 3 aromatic rings. The topological polar surface area (TPSA) is 72.7 Å². The number of carbonyl (C=O) groups excluding carboxylic acids is 1. The molecule has 1 saturated heterocycles. The fourth-order valence-electron chi connectivity index (χ4n) is 2.72. The molecule has 24 heavy (non-hydrogen) atoms. The van der Waals surface area contributed by atoms with Gasteiger partial charge < -0.3 is 5.32 Å². The fraction of sp³-hybridized carbons (Fsp3) is 0.375. The van der Waals surface area contributed by atoms with Crippen molar-refractivity contribution in [2.75, 3.05) is 5.75 Å². The first kappa shape index (κ1) is 15.6. The Hall–Kier alpha value is -1.93. The van der Waals surface area contributed by atoms with E-state index in [1.54, 1.807) is 27.8 Å². The van der Waals surface area contributed by atoms with Crippen molar-refractivity contribution in [1.29, 1.82) is 0 Å². The van der Waals surface area contributed by atoms with Gasteiger partial charge in [-0.2, -0.15) is 5.10 Å². The first-order valence-electron chi connectivity index (χ1n) is 7.66. The van der Waals surface area contributed by atoms with Crippen LogP contribution in [-0.4, -0.2) is 36.2 Å². The zero-order valence-corrected chi connectivity index (χ0v) is 15.2. The minimum Gasteiger partial charge on any atom is -0.344 e. The third-order valence-corrected chi connectivity index (χ3v) is 6.41. The van der Waals surface area contributed by atoms with Crippen LogP contribution in [0.1, 0.15) is 30.7 Å². The van der Waals surface area contributed by atoms with E-state index in [0.29, 0.717) is 0 Å². The Labute approximate surface area is 147 Å². The summed E-state index contributed by atoms with van der Waals surface area (Å²) < 4.78 is 2.52. The number of carbonyl (C=O) groups is 1. The number of rotatable bonds is 2. The van der Waals surface area contributed by atoms with Crippen molar-refractivity contribution in [3.8, 4) is 5.69 Å². The Balaban J connectivity index is 1.70. The highest BCUT2D eigenvalue weighted by Crippen LogP contribution is 2.34. The monoisotopic (exact) mass is 359 g/mol. The molecule has 1 aliphatic heterocycles. The maximum Gasteiger partial charge on any atom is 0.236 e. The molecule has 0 radical (unpaired) electrons. The predicted molar refractivity (Wildman–Crippen MR) is 96.7 cm³/mol. The van der Waals surface area contributed by atoms with E-state index >= 15 is 0 Å². The van der Waals surface area contributed by atoms with E-state index in [9.17, 15) is 4.79 Å². The van der Waals surface area contributed by atoms with Gasteiger partial charge in [0.05, 0.1) is 31.7 Å². The largest absolute Gasteiger partial charge is 0.344 e. The van der Waals surface area contributed by atoms with Crippen molar-refractivity contribution < 1.29 is 4.79 Å². The minimum absolute atomic E-state index is 0.0341. The smallest absolute Gasteiger partial charge is 0.236 e. The molecule has 6 nitrogen and oxygen atoms in total. The molecule has 0 saturated carbocycles. The number of thiazole rings is 1. The molecule has 8 heteroatoms. The molecule has 0 spiro atoms. The molecule has 4 rings (SSSR count). The molecule has 0 bridgehead atoms. The van der Waals surface area contributed by atoms with Gasteiger partial charge in [-0.15, -0.1) is 23.1 Å². The highest BCUT2D eigenvalue weighted by molar-refractivity contribution is 8.01. The van der Waals surface area contributed by atoms with E-state index in [1.807, 2.05) is 32.9 Å². The van der Waals surface area contributed by atoms with E-state index < -0.39 is 4.75 Å². The van der Waals surface area contributed by atoms with Crippen molar-refractivity contribution in [2.45, 2.75) is 31.6 Å². The molecule has 2 aromatic heterocycles. The molecule has 1 fully saturated rings. The summed E-state index contributed by atoms with van der Waals surface area (Å²) in [4.78, 5) is 21.1. The lowest BCUT2D eigenvalue weighted by Crippen LogP contribution is -2.47. The van der Waals surface area contributed by atoms with Gasteiger partial charge in [-0.1, -0.05) is 0 Å². The number of nitrogens with zero attached hydrogens (tertiary/aromatic N) is 4. The first-order chi connectivity index (χ1) is 11.4. The van der Waals surface area contributed by atoms with Crippen molar-refractivity contribution in [2.24, 2.45) is 0 Å². The molecule has 3 heterocycles. The Morgan fingerprint density at radius 1 is 1.38 bits per heavy atom. The van der Waals surface area contributed by atoms with Gasteiger partial charge in [0.1, 0.15) is 6.33 Å². The summed E-state index contributed by atoms with van der Waals surface area (Å²) in [5, 5.41) is 8.47. The molecule has 1 amide bonds. The number of hydrogen-bond donors (Lipinski definition) is 1. The van der Waals surface area contributed by atoms with Gasteiger partial charge in [-0.25, -0.2) is 14.6 Å². The summed E-state index contributed by atoms with van der Waals surface area (Å²) in [6, 6.07) is 5.91. The molecule has 0 aliphatic carbocycles. The van der Waals surface area contributed by atoms with Crippen molar-refractivity contribution in [1.82, 2.24) is 25.1 Å². The van der Waals surface area contributed by atoms with E-state index in [0.717, 1.165) is 32.5 Å². The highest BCUT2D eigenvalue weighted by atomic mass is 32.2. The SMILES string of the molecule is Cc1nc2ccc(-n3ncnc3[C@H]3CSC(C)(C)C(=O)N3)cc2s1. The van der Waals surface area contributed by atoms with Crippen LogP contribution in [0.5, 0.6) is 0 Å². The van der Waals surface area contributed by atoms with E-state index in [1.165, 1.54) is 6.33 Å². The molecule has 1 aromatic carbocycles. The number of fused-ring (bicyclic) bond motifs is 1. The number of nitrogens with one attached hydrogen (secondary N) is 1. The number of benzene rings is 1. The Morgan fingerprint density at radius 2 is 2.21 bits per heavy atom. The van der Waals surface area contributed by atoms with Gasteiger partial charge >= 0.3 is 0 Å². The van der Waals surface area contributed by atoms with Crippen LogP contribution in [0.15, 0.2) is 24.5 Å². The molecular weight excluding hydrogens is 342 g/mol. The highest BCUT2D eigenvalue weighted by Gasteiger charge is 2.37. The van der Waals surface area contributed by atoms with Crippen LogP contribution in [0.25, 0.3) is 15.9 Å². The second kappa shape index (κ2) is 5.56. The molecular formula is C16H17N5OS2. The molecule has 124 valence electrons. The van der Waals surface area contributed by atoms with Gasteiger partial charge in [0, 0.05) is 5.75 Å². The summed E-state index contributed by atoms with van der Waals surface area (Å²) in [5.41, 5.74) is 1.92. The van der Waals surface area contributed by atoms with Crippen LogP contribution >= 0.6 is 23.1 Å². The zero-order valence-electron chi connectivity index (χ0n) is 13.6. The van der Waals surface area contributed by atoms with E-state index in [2.05, 4.69) is 26.4 Å². The fourth-order valence-corrected chi connectivity index (χ4v) is 4.58. The van der Waals surface area contributed by atoms with E-state index in [-0.39, 0.29) is 11.9 Å². The van der Waals surface area contributed by atoms with Gasteiger partial charge in [0.25, 0.3) is 0 Å². The normalized spacial score (nSPS) is 20.3. The second-order valence-corrected chi connectivity index (χ2v) is 9.14. The molecule has 1 N–H and O–H groups in total. The average molecular weight is 359 g/mol. The summed E-state index contributed by atoms with van der Waals surface area (Å²) >= 11 is 3.30. The lowest BCUT2D eigenvalue weighted by Gasteiger charge is -2.33. The number of aromatic nitrogens is 4. The average Bonchev–Trinajstić information content (AvgIpc) is 3.14. The molecule has 1 atom stereocenters.